The second-order valence-electron chi connectivity index (χ2n) is 2.98. The maximum absolute atomic E-state index is 10.2. The van der Waals surface area contributed by atoms with Gasteiger partial charge in [-0.15, -0.1) is 0 Å². The van der Waals surface area contributed by atoms with Gasteiger partial charge >= 0.3 is 0 Å². The van der Waals surface area contributed by atoms with E-state index in [0.717, 1.165) is 5.56 Å². The molecular weight excluding hydrogens is 164 g/mol. The first kappa shape index (κ1) is 10.2. The summed E-state index contributed by atoms with van der Waals surface area (Å²) < 4.78 is 5.47. The maximum atomic E-state index is 10.2. The van der Waals surface area contributed by atoms with Crippen LogP contribution in [0.3, 0.4) is 0 Å². The van der Waals surface area contributed by atoms with Crippen LogP contribution in [0.2, 0.25) is 0 Å². The van der Waals surface area contributed by atoms with Crippen LogP contribution < -0.4 is 0 Å². The van der Waals surface area contributed by atoms with E-state index >= 15 is 0 Å². The highest BCUT2D eigenvalue weighted by Gasteiger charge is 2.03. The normalized spacial score (nSPS) is 12.8. The van der Waals surface area contributed by atoms with E-state index in [2.05, 4.69) is 0 Å². The number of ether oxygens (including phenoxy) is 1. The van der Waals surface area contributed by atoms with Gasteiger partial charge in [0, 0.05) is 6.61 Å². The van der Waals surface area contributed by atoms with E-state index in [4.69, 9.17) is 4.74 Å². The molecule has 0 heterocycles. The minimum Gasteiger partial charge on any atom is -0.374 e. The van der Waals surface area contributed by atoms with Crippen LogP contribution >= 0.6 is 0 Å². The van der Waals surface area contributed by atoms with Crippen LogP contribution in [0, 0.1) is 0 Å². The Morgan fingerprint density at radius 3 is 2.62 bits per heavy atom. The second kappa shape index (κ2) is 5.73. The molecule has 0 N–H and O–H groups in total. The van der Waals surface area contributed by atoms with Gasteiger partial charge in [0.1, 0.15) is 0 Å². The van der Waals surface area contributed by atoms with E-state index in [9.17, 15) is 5.11 Å². The number of benzene rings is 1. The lowest BCUT2D eigenvalue weighted by Gasteiger charge is -2.12. The number of hydrogen-bond donors (Lipinski definition) is 0. The Kier molecular flexibility index (Phi) is 4.50. The molecule has 1 radical (unpaired) electrons. The molecule has 0 aliphatic heterocycles. The van der Waals surface area contributed by atoms with Crippen molar-refractivity contribution in [3.8, 4) is 0 Å². The average Bonchev–Trinajstić information content (AvgIpc) is 2.19. The van der Waals surface area contributed by atoms with Crippen molar-refractivity contribution in [2.24, 2.45) is 0 Å². The Bertz CT molecular complexity index is 221. The molecule has 2 heteroatoms. The summed E-state index contributed by atoms with van der Waals surface area (Å²) in [5.74, 6) is 0. The van der Waals surface area contributed by atoms with Crippen LogP contribution in [0.15, 0.2) is 30.3 Å². The van der Waals surface area contributed by atoms with Gasteiger partial charge in [0.2, 0.25) is 0 Å². The van der Waals surface area contributed by atoms with Gasteiger partial charge in [-0.05, 0) is 18.9 Å². The molecule has 0 fully saturated rings. The Hall–Kier alpha value is -0.860. The zero-order valence-electron chi connectivity index (χ0n) is 7.90. The van der Waals surface area contributed by atoms with Crippen LogP contribution in [0.1, 0.15) is 25.0 Å². The summed E-state index contributed by atoms with van der Waals surface area (Å²) in [5.41, 5.74) is 1.16. The van der Waals surface area contributed by atoms with Crippen molar-refractivity contribution in [2.45, 2.75) is 19.4 Å². The molecule has 0 aliphatic rings. The highest BCUT2D eigenvalue weighted by atomic mass is 16.5. The molecule has 1 aromatic rings. The summed E-state index contributed by atoms with van der Waals surface area (Å²) in [5, 5.41) is 10.2. The lowest BCUT2D eigenvalue weighted by Crippen LogP contribution is -2.02. The first-order chi connectivity index (χ1) is 6.34. The van der Waals surface area contributed by atoms with Crippen molar-refractivity contribution >= 4 is 0 Å². The van der Waals surface area contributed by atoms with Gasteiger partial charge in [-0.2, -0.15) is 0 Å². The maximum Gasteiger partial charge on any atom is 0.0844 e. The smallest absolute Gasteiger partial charge is 0.0844 e. The lowest BCUT2D eigenvalue weighted by molar-refractivity contribution is 0.0476. The Balaban J connectivity index is 2.35. The van der Waals surface area contributed by atoms with Gasteiger partial charge < -0.3 is 4.74 Å². The summed E-state index contributed by atoms with van der Waals surface area (Å²) in [6.45, 7) is 2.50. The topological polar surface area (TPSA) is 29.1 Å². The SMILES string of the molecule is CC(OCCC[O])c1ccccc1. The van der Waals surface area contributed by atoms with E-state index in [0.29, 0.717) is 13.0 Å². The molecule has 71 valence electrons. The Morgan fingerprint density at radius 2 is 2.00 bits per heavy atom. The van der Waals surface area contributed by atoms with Crippen molar-refractivity contribution in [1.82, 2.24) is 0 Å². The summed E-state index contributed by atoms with van der Waals surface area (Å²) in [6.07, 6.45) is 0.685. The molecule has 0 aromatic heterocycles. The molecule has 0 bridgehead atoms. The van der Waals surface area contributed by atoms with Gasteiger partial charge in [-0.1, -0.05) is 30.3 Å². The van der Waals surface area contributed by atoms with Crippen molar-refractivity contribution in [3.63, 3.8) is 0 Å². The quantitative estimate of drug-likeness (QED) is 0.639. The van der Waals surface area contributed by atoms with Crippen molar-refractivity contribution in [2.75, 3.05) is 13.2 Å². The van der Waals surface area contributed by atoms with E-state index in [1.165, 1.54) is 0 Å². The fourth-order valence-corrected chi connectivity index (χ4v) is 1.14. The standard InChI is InChI=1S/C11H15O2/c1-10(13-9-5-8-12)11-6-3-2-4-7-11/h2-4,6-7,10H,5,8-9H2,1H3. The van der Waals surface area contributed by atoms with Crippen molar-refractivity contribution < 1.29 is 9.84 Å². The van der Waals surface area contributed by atoms with Crippen LogP contribution in [0.25, 0.3) is 0 Å². The molecule has 1 unspecified atom stereocenters. The molecule has 0 amide bonds. The van der Waals surface area contributed by atoms with Crippen LogP contribution in [-0.2, 0) is 9.84 Å². The third kappa shape index (κ3) is 3.57. The van der Waals surface area contributed by atoms with E-state index in [-0.39, 0.29) is 12.7 Å². The molecule has 2 nitrogen and oxygen atoms in total. The van der Waals surface area contributed by atoms with Gasteiger partial charge in [-0.3, -0.25) is 0 Å². The largest absolute Gasteiger partial charge is 0.374 e. The molecule has 1 rings (SSSR count). The molecule has 1 atom stereocenters. The third-order valence-electron chi connectivity index (χ3n) is 1.93. The van der Waals surface area contributed by atoms with Gasteiger partial charge in [0.15, 0.2) is 0 Å². The van der Waals surface area contributed by atoms with E-state index in [1.807, 2.05) is 37.3 Å². The van der Waals surface area contributed by atoms with Gasteiger partial charge in [-0.25, -0.2) is 5.11 Å². The van der Waals surface area contributed by atoms with Crippen LogP contribution in [-0.4, -0.2) is 13.2 Å². The third-order valence-corrected chi connectivity index (χ3v) is 1.93. The van der Waals surface area contributed by atoms with Gasteiger partial charge in [0.25, 0.3) is 0 Å². The van der Waals surface area contributed by atoms with Crippen LogP contribution in [0.4, 0.5) is 0 Å². The van der Waals surface area contributed by atoms with E-state index in [1.54, 1.807) is 0 Å². The first-order valence-corrected chi connectivity index (χ1v) is 4.59. The molecule has 0 spiro atoms. The highest BCUT2D eigenvalue weighted by molar-refractivity contribution is 5.16. The summed E-state index contributed by atoms with van der Waals surface area (Å²) >= 11 is 0. The average molecular weight is 179 g/mol. The molecule has 1 aromatic carbocycles. The highest BCUT2D eigenvalue weighted by Crippen LogP contribution is 2.15. The molecule has 0 saturated heterocycles. The minimum atomic E-state index is -0.0541. The molecule has 0 saturated carbocycles. The first-order valence-electron chi connectivity index (χ1n) is 4.59. The molecule has 0 aliphatic carbocycles. The zero-order valence-corrected chi connectivity index (χ0v) is 7.90. The number of rotatable bonds is 5. The van der Waals surface area contributed by atoms with Crippen molar-refractivity contribution in [3.05, 3.63) is 35.9 Å². The summed E-state index contributed by atoms with van der Waals surface area (Å²) in [6, 6.07) is 10.0. The Morgan fingerprint density at radius 1 is 1.31 bits per heavy atom. The number of hydrogen-bond acceptors (Lipinski definition) is 1. The van der Waals surface area contributed by atoms with Crippen LogP contribution in [0.5, 0.6) is 0 Å². The summed E-state index contributed by atoms with van der Waals surface area (Å²) in [4.78, 5) is 0. The molecular formula is C11H15O2. The zero-order chi connectivity index (χ0) is 9.52. The summed E-state index contributed by atoms with van der Waals surface area (Å²) in [7, 11) is 0. The fourth-order valence-electron chi connectivity index (χ4n) is 1.14. The predicted octanol–water partition coefficient (Wildman–Crippen LogP) is 2.58. The predicted molar refractivity (Wildman–Crippen MR) is 51.0 cm³/mol. The minimum absolute atomic E-state index is 0.0541. The van der Waals surface area contributed by atoms with Gasteiger partial charge in [0.05, 0.1) is 12.7 Å². The van der Waals surface area contributed by atoms with E-state index < -0.39 is 0 Å². The monoisotopic (exact) mass is 179 g/mol. The van der Waals surface area contributed by atoms with Crippen molar-refractivity contribution in [1.29, 1.82) is 0 Å². The Labute approximate surface area is 79.2 Å². The fraction of sp³-hybridized carbons (Fsp3) is 0.455. The lowest BCUT2D eigenvalue weighted by atomic mass is 10.1. The molecule has 13 heavy (non-hydrogen) atoms. The second-order valence-corrected chi connectivity index (χ2v) is 2.98.